The van der Waals surface area contributed by atoms with E-state index in [1.165, 1.54) is 10.6 Å². The molecule has 1 fully saturated rings. The van der Waals surface area contributed by atoms with Gasteiger partial charge in [0.1, 0.15) is 13.7 Å². The Labute approximate surface area is 181 Å². The van der Waals surface area contributed by atoms with Gasteiger partial charge in [0, 0.05) is 54.2 Å². The first-order chi connectivity index (χ1) is 14.8. The summed E-state index contributed by atoms with van der Waals surface area (Å²) in [7, 11) is 2.08. The van der Waals surface area contributed by atoms with E-state index < -0.39 is 0 Å². The zero-order valence-electron chi connectivity index (χ0n) is 17.2. The molecule has 0 radical (unpaired) electrons. The molecule has 4 aromatic rings. The molecule has 5 heterocycles. The highest BCUT2D eigenvalue weighted by Gasteiger charge is 2.23. The molecular formula is C22H25BN6S. The van der Waals surface area contributed by atoms with Gasteiger partial charge >= 0.3 is 0 Å². The summed E-state index contributed by atoms with van der Waals surface area (Å²) in [4.78, 5) is 13.2. The molecule has 8 heteroatoms. The van der Waals surface area contributed by atoms with Crippen LogP contribution >= 0.6 is 11.3 Å². The standard InChI is InChI=1S/C22H25BN6S/c23-19-14-26-29-21(25-13-16-3-1-7-24-12-16)11-20(27-22(19)29)17-5-8-28(9-6-17)15-18-4-2-10-30-18/h1-4,7,10-12,14,17,25H,5-6,8-9,13,15,23H2. The smallest absolute Gasteiger partial charge is 0.151 e. The molecule has 4 aromatic heterocycles. The maximum Gasteiger partial charge on any atom is 0.151 e. The van der Waals surface area contributed by atoms with Gasteiger partial charge in [-0.15, -0.1) is 11.3 Å². The second-order valence-corrected chi connectivity index (χ2v) is 9.01. The van der Waals surface area contributed by atoms with Gasteiger partial charge in [-0.3, -0.25) is 9.88 Å². The highest BCUT2D eigenvalue weighted by Crippen LogP contribution is 2.29. The number of rotatable bonds is 6. The molecule has 1 aliphatic heterocycles. The first-order valence-electron chi connectivity index (χ1n) is 10.5. The normalized spacial score (nSPS) is 15.6. The molecule has 1 aliphatic rings. The van der Waals surface area contributed by atoms with Gasteiger partial charge in [0.15, 0.2) is 5.65 Å². The summed E-state index contributed by atoms with van der Waals surface area (Å²) < 4.78 is 1.92. The molecule has 1 saturated heterocycles. The Bertz CT molecular complexity index is 1100. The van der Waals surface area contributed by atoms with E-state index in [2.05, 4.69) is 57.8 Å². The van der Waals surface area contributed by atoms with Gasteiger partial charge in [0.2, 0.25) is 0 Å². The predicted octanol–water partition coefficient (Wildman–Crippen LogP) is 2.44. The Morgan fingerprint density at radius 3 is 2.83 bits per heavy atom. The van der Waals surface area contributed by atoms with Crippen molar-refractivity contribution in [1.29, 1.82) is 0 Å². The zero-order chi connectivity index (χ0) is 20.3. The summed E-state index contributed by atoms with van der Waals surface area (Å²) in [5, 5.41) is 10.2. The monoisotopic (exact) mass is 416 g/mol. The van der Waals surface area contributed by atoms with Crippen LogP contribution < -0.4 is 10.8 Å². The topological polar surface area (TPSA) is 58.4 Å². The Morgan fingerprint density at radius 2 is 2.07 bits per heavy atom. The molecule has 0 bridgehead atoms. The number of nitrogens with zero attached hydrogens (tertiary/aromatic N) is 5. The molecule has 0 aliphatic carbocycles. The lowest BCUT2D eigenvalue weighted by Gasteiger charge is -2.31. The Balaban J connectivity index is 1.33. The molecule has 30 heavy (non-hydrogen) atoms. The van der Waals surface area contributed by atoms with Crippen LogP contribution in [0.3, 0.4) is 0 Å². The van der Waals surface area contributed by atoms with Crippen LogP contribution in [0.15, 0.2) is 54.3 Å². The van der Waals surface area contributed by atoms with Crippen molar-refractivity contribution < 1.29 is 0 Å². The number of hydrogen-bond donors (Lipinski definition) is 1. The second kappa shape index (κ2) is 8.57. The fraction of sp³-hybridized carbons (Fsp3) is 0.318. The molecule has 0 unspecified atom stereocenters. The summed E-state index contributed by atoms with van der Waals surface area (Å²) in [6.07, 6.45) is 7.87. The number of fused-ring (bicyclic) bond motifs is 1. The van der Waals surface area contributed by atoms with Gasteiger partial charge in [-0.05, 0) is 54.5 Å². The van der Waals surface area contributed by atoms with E-state index in [0.717, 1.165) is 55.0 Å². The van der Waals surface area contributed by atoms with Crippen molar-refractivity contribution >= 4 is 36.1 Å². The Kier molecular flexibility index (Phi) is 5.51. The summed E-state index contributed by atoms with van der Waals surface area (Å²) >= 11 is 1.85. The molecule has 0 aromatic carbocycles. The van der Waals surface area contributed by atoms with Crippen molar-refractivity contribution in [1.82, 2.24) is 24.5 Å². The van der Waals surface area contributed by atoms with Crippen LogP contribution in [-0.2, 0) is 13.1 Å². The van der Waals surface area contributed by atoms with Crippen molar-refractivity contribution in [2.45, 2.75) is 31.8 Å². The average Bonchev–Trinajstić information content (AvgIpc) is 3.43. The van der Waals surface area contributed by atoms with E-state index in [1.54, 1.807) is 6.20 Å². The first kappa shape index (κ1) is 19.3. The van der Waals surface area contributed by atoms with E-state index in [0.29, 0.717) is 12.5 Å². The fourth-order valence-corrected chi connectivity index (χ4v) is 4.88. The summed E-state index contributed by atoms with van der Waals surface area (Å²) in [6, 6.07) is 10.6. The largest absolute Gasteiger partial charge is 0.366 e. The van der Waals surface area contributed by atoms with Gasteiger partial charge in [0.25, 0.3) is 0 Å². The van der Waals surface area contributed by atoms with Crippen LogP contribution in [0.4, 0.5) is 5.82 Å². The van der Waals surface area contributed by atoms with Gasteiger partial charge in [-0.2, -0.15) is 9.61 Å². The summed E-state index contributed by atoms with van der Waals surface area (Å²) in [5.74, 6) is 1.48. The van der Waals surface area contributed by atoms with Gasteiger partial charge in [0.05, 0.1) is 0 Å². The van der Waals surface area contributed by atoms with Crippen molar-refractivity contribution in [3.63, 3.8) is 0 Å². The van der Waals surface area contributed by atoms with E-state index in [9.17, 15) is 0 Å². The maximum absolute atomic E-state index is 5.01. The molecule has 0 amide bonds. The Morgan fingerprint density at radius 1 is 1.17 bits per heavy atom. The van der Waals surface area contributed by atoms with E-state index in [4.69, 9.17) is 4.98 Å². The highest BCUT2D eigenvalue weighted by molar-refractivity contribution is 7.09. The van der Waals surface area contributed by atoms with Crippen LogP contribution in [0.2, 0.25) is 0 Å². The van der Waals surface area contributed by atoms with Crippen LogP contribution in [0.25, 0.3) is 5.65 Å². The minimum Gasteiger partial charge on any atom is -0.366 e. The number of nitrogens with one attached hydrogen (secondary N) is 1. The molecule has 1 N–H and O–H groups in total. The minimum absolute atomic E-state index is 0.489. The molecule has 5 rings (SSSR count). The van der Waals surface area contributed by atoms with E-state index in [1.807, 2.05) is 34.3 Å². The lowest BCUT2D eigenvalue weighted by molar-refractivity contribution is 0.205. The SMILES string of the molecule is Bc1cnn2c(NCc3cccnc3)cc(C3CCN(Cc4cccs4)CC3)nc12. The van der Waals surface area contributed by atoms with Gasteiger partial charge < -0.3 is 5.32 Å². The van der Waals surface area contributed by atoms with Crippen LogP contribution in [0, 0.1) is 0 Å². The number of likely N-dealkylation sites (tertiary alicyclic amines) is 1. The lowest BCUT2D eigenvalue weighted by atomic mass is 9.92. The zero-order valence-corrected chi connectivity index (χ0v) is 18.0. The van der Waals surface area contributed by atoms with Crippen LogP contribution in [0.5, 0.6) is 0 Å². The van der Waals surface area contributed by atoms with Crippen molar-refractivity contribution in [2.75, 3.05) is 18.4 Å². The van der Waals surface area contributed by atoms with Crippen LogP contribution in [0.1, 0.15) is 34.9 Å². The number of anilines is 1. The molecule has 152 valence electrons. The number of piperidine rings is 1. The number of hydrogen-bond acceptors (Lipinski definition) is 6. The van der Waals surface area contributed by atoms with Crippen molar-refractivity contribution in [2.24, 2.45) is 0 Å². The molecule has 0 spiro atoms. The maximum atomic E-state index is 5.01. The molecule has 0 atom stereocenters. The minimum atomic E-state index is 0.489. The summed E-state index contributed by atoms with van der Waals surface area (Å²) in [6.45, 7) is 4.01. The molecule has 0 saturated carbocycles. The van der Waals surface area contributed by atoms with Crippen molar-refractivity contribution in [3.8, 4) is 0 Å². The average molecular weight is 416 g/mol. The van der Waals surface area contributed by atoms with Crippen molar-refractivity contribution in [3.05, 3.63) is 70.4 Å². The Hall–Kier alpha value is -2.71. The third-order valence-electron chi connectivity index (χ3n) is 5.83. The third-order valence-corrected chi connectivity index (χ3v) is 6.69. The van der Waals surface area contributed by atoms with E-state index in [-0.39, 0.29) is 0 Å². The molecular weight excluding hydrogens is 391 g/mol. The van der Waals surface area contributed by atoms with Gasteiger partial charge in [-0.1, -0.05) is 12.1 Å². The lowest BCUT2D eigenvalue weighted by Crippen LogP contribution is -2.32. The fourth-order valence-electron chi connectivity index (χ4n) is 4.13. The second-order valence-electron chi connectivity index (χ2n) is 7.97. The summed E-state index contributed by atoms with van der Waals surface area (Å²) in [5.41, 5.74) is 4.38. The third kappa shape index (κ3) is 4.11. The number of aromatic nitrogens is 4. The van der Waals surface area contributed by atoms with Gasteiger partial charge in [-0.25, -0.2) is 4.98 Å². The van der Waals surface area contributed by atoms with Crippen LogP contribution in [-0.4, -0.2) is 45.4 Å². The van der Waals surface area contributed by atoms with E-state index >= 15 is 0 Å². The quantitative estimate of drug-likeness (QED) is 0.490. The number of thiophene rings is 1. The molecule has 6 nitrogen and oxygen atoms in total. The predicted molar refractivity (Wildman–Crippen MR) is 124 cm³/mol. The first-order valence-corrected chi connectivity index (χ1v) is 11.4. The highest BCUT2D eigenvalue weighted by atomic mass is 32.1. The number of pyridine rings is 1.